The van der Waals surface area contributed by atoms with Crippen LogP contribution in [-0.2, 0) is 0 Å². The summed E-state index contributed by atoms with van der Waals surface area (Å²) in [6.07, 6.45) is 1.72. The highest BCUT2D eigenvalue weighted by Gasteiger charge is 2.00. The Hall–Kier alpha value is -1.26. The number of thioether (sulfide) groups is 1. The average molecular weight is 283 g/mol. The van der Waals surface area contributed by atoms with Gasteiger partial charge in [-0.15, -0.1) is 11.8 Å². The molecule has 0 aliphatic carbocycles. The number of nitrogens with zero attached hydrogens (tertiary/aromatic N) is 1. The van der Waals surface area contributed by atoms with E-state index < -0.39 is 0 Å². The van der Waals surface area contributed by atoms with Crippen molar-refractivity contribution in [1.29, 1.82) is 0 Å². The molecule has 94 valence electrons. The van der Waals surface area contributed by atoms with E-state index in [-0.39, 0.29) is 5.82 Å². The molecule has 2 nitrogen and oxygen atoms in total. The molecule has 0 spiro atoms. The van der Waals surface area contributed by atoms with Crippen LogP contribution in [0, 0.1) is 5.82 Å². The number of aromatic nitrogens is 1. The molecule has 18 heavy (non-hydrogen) atoms. The van der Waals surface area contributed by atoms with Gasteiger partial charge in [-0.2, -0.15) is 0 Å². The summed E-state index contributed by atoms with van der Waals surface area (Å²) in [5, 5.41) is 4.71. The third-order valence-corrected chi connectivity index (χ3v) is 3.66. The smallest absolute Gasteiger partial charge is 0.123 e. The molecular formula is C13H12ClFN2S. The minimum Gasteiger partial charge on any atom is -0.384 e. The summed E-state index contributed by atoms with van der Waals surface area (Å²) < 4.78 is 12.7. The van der Waals surface area contributed by atoms with Gasteiger partial charge in [-0.1, -0.05) is 11.6 Å². The highest BCUT2D eigenvalue weighted by molar-refractivity contribution is 7.99. The van der Waals surface area contributed by atoms with Gasteiger partial charge in [-0.05, 0) is 36.4 Å². The number of rotatable bonds is 5. The lowest BCUT2D eigenvalue weighted by atomic mass is 10.3. The summed E-state index contributed by atoms with van der Waals surface area (Å²) >= 11 is 7.58. The number of halogens is 2. The summed E-state index contributed by atoms with van der Waals surface area (Å²) in [6.45, 7) is 0.767. The molecule has 2 rings (SSSR count). The summed E-state index contributed by atoms with van der Waals surface area (Å²) in [6, 6.07) is 9.94. The van der Waals surface area contributed by atoms with Gasteiger partial charge < -0.3 is 5.32 Å². The lowest BCUT2D eigenvalue weighted by Gasteiger charge is -2.06. The Morgan fingerprint density at radius 3 is 2.72 bits per heavy atom. The summed E-state index contributed by atoms with van der Waals surface area (Å²) in [5.74, 6) is 0.615. The minimum absolute atomic E-state index is 0.227. The number of anilines is 1. The molecule has 0 saturated heterocycles. The van der Waals surface area contributed by atoms with Crippen LogP contribution < -0.4 is 5.32 Å². The third-order valence-electron chi connectivity index (χ3n) is 2.24. The zero-order valence-corrected chi connectivity index (χ0v) is 11.1. The van der Waals surface area contributed by atoms with Gasteiger partial charge in [0.25, 0.3) is 0 Å². The van der Waals surface area contributed by atoms with Crippen LogP contribution in [0.5, 0.6) is 0 Å². The molecule has 0 fully saturated rings. The van der Waals surface area contributed by atoms with Crippen LogP contribution in [-0.4, -0.2) is 17.3 Å². The predicted molar refractivity (Wildman–Crippen MR) is 74.9 cm³/mol. The number of benzene rings is 1. The van der Waals surface area contributed by atoms with Crippen molar-refractivity contribution in [3.63, 3.8) is 0 Å². The Morgan fingerprint density at radius 2 is 2.00 bits per heavy atom. The van der Waals surface area contributed by atoms with Crippen molar-refractivity contribution in [3.05, 3.63) is 53.4 Å². The first-order chi connectivity index (χ1) is 8.75. The monoisotopic (exact) mass is 282 g/mol. The summed E-state index contributed by atoms with van der Waals surface area (Å²) in [7, 11) is 0. The minimum atomic E-state index is -0.227. The van der Waals surface area contributed by atoms with Crippen molar-refractivity contribution in [2.75, 3.05) is 17.6 Å². The van der Waals surface area contributed by atoms with Crippen molar-refractivity contribution in [3.8, 4) is 0 Å². The molecule has 0 saturated carbocycles. The summed E-state index contributed by atoms with van der Waals surface area (Å²) in [4.78, 5) is 4.19. The molecule has 0 unspecified atom stereocenters. The van der Waals surface area contributed by atoms with Gasteiger partial charge in [0.2, 0.25) is 0 Å². The second-order valence-corrected chi connectivity index (χ2v) is 5.06. The molecule has 0 amide bonds. The van der Waals surface area contributed by atoms with Gasteiger partial charge in [-0.3, -0.25) is 0 Å². The van der Waals surface area contributed by atoms with Crippen molar-refractivity contribution in [2.24, 2.45) is 0 Å². The van der Waals surface area contributed by atoms with Gasteiger partial charge in [0.05, 0.1) is 5.02 Å². The van der Waals surface area contributed by atoms with Gasteiger partial charge in [-0.25, -0.2) is 9.37 Å². The Bertz CT molecular complexity index is 505. The standard InChI is InChI=1S/C13H12ClFN2S/c14-12-2-1-7-17-13(12)18-9-8-16-11-5-3-10(15)4-6-11/h1-7,16H,8-9H2. The highest BCUT2D eigenvalue weighted by Crippen LogP contribution is 2.23. The van der Waals surface area contributed by atoms with Crippen molar-refractivity contribution >= 4 is 29.1 Å². The first-order valence-corrected chi connectivity index (χ1v) is 6.85. The maximum atomic E-state index is 12.7. The van der Waals surface area contributed by atoms with Gasteiger partial charge in [0.1, 0.15) is 10.8 Å². The predicted octanol–water partition coefficient (Wildman–Crippen LogP) is 4.08. The van der Waals surface area contributed by atoms with Gasteiger partial charge in [0.15, 0.2) is 0 Å². The average Bonchev–Trinajstić information content (AvgIpc) is 2.39. The molecular weight excluding hydrogens is 271 g/mol. The van der Waals surface area contributed by atoms with Crippen molar-refractivity contribution in [2.45, 2.75) is 5.03 Å². The molecule has 1 aromatic heterocycles. The molecule has 0 radical (unpaired) electrons. The van der Waals surface area contributed by atoms with E-state index in [1.807, 2.05) is 12.1 Å². The van der Waals surface area contributed by atoms with Crippen LogP contribution in [0.4, 0.5) is 10.1 Å². The van der Waals surface area contributed by atoms with E-state index in [1.54, 1.807) is 30.1 Å². The zero-order valence-electron chi connectivity index (χ0n) is 9.57. The second kappa shape index (κ2) is 6.61. The molecule has 5 heteroatoms. The fourth-order valence-electron chi connectivity index (χ4n) is 1.39. The molecule has 1 aromatic carbocycles. The third kappa shape index (κ3) is 3.89. The molecule has 1 heterocycles. The Kier molecular flexibility index (Phi) is 4.84. The lowest BCUT2D eigenvalue weighted by Crippen LogP contribution is -2.04. The van der Waals surface area contributed by atoms with E-state index in [2.05, 4.69) is 10.3 Å². The zero-order chi connectivity index (χ0) is 12.8. The van der Waals surface area contributed by atoms with Crippen LogP contribution in [0.3, 0.4) is 0 Å². The van der Waals surface area contributed by atoms with Crippen molar-refractivity contribution in [1.82, 2.24) is 4.98 Å². The molecule has 2 aromatic rings. The van der Waals surface area contributed by atoms with E-state index in [1.165, 1.54) is 12.1 Å². The normalized spacial score (nSPS) is 10.3. The van der Waals surface area contributed by atoms with Gasteiger partial charge >= 0.3 is 0 Å². The maximum absolute atomic E-state index is 12.7. The molecule has 0 bridgehead atoms. The molecule has 0 aliphatic rings. The quantitative estimate of drug-likeness (QED) is 0.661. The van der Waals surface area contributed by atoms with E-state index in [4.69, 9.17) is 11.6 Å². The van der Waals surface area contributed by atoms with Crippen LogP contribution >= 0.6 is 23.4 Å². The fraction of sp³-hybridized carbons (Fsp3) is 0.154. The lowest BCUT2D eigenvalue weighted by molar-refractivity contribution is 0.628. The SMILES string of the molecule is Fc1ccc(NCCSc2ncccc2Cl)cc1. The van der Waals surface area contributed by atoms with Crippen LogP contribution in [0.1, 0.15) is 0 Å². The largest absolute Gasteiger partial charge is 0.384 e. The number of hydrogen-bond acceptors (Lipinski definition) is 3. The molecule has 1 N–H and O–H groups in total. The summed E-state index contributed by atoms with van der Waals surface area (Å²) in [5.41, 5.74) is 0.907. The molecule has 0 aliphatic heterocycles. The molecule has 0 atom stereocenters. The highest BCUT2D eigenvalue weighted by atomic mass is 35.5. The Morgan fingerprint density at radius 1 is 1.22 bits per heavy atom. The first kappa shape index (κ1) is 13.2. The van der Waals surface area contributed by atoms with Gasteiger partial charge in [0, 0.05) is 24.2 Å². The second-order valence-electron chi connectivity index (χ2n) is 3.57. The van der Waals surface area contributed by atoms with E-state index >= 15 is 0 Å². The van der Waals surface area contributed by atoms with Crippen LogP contribution in [0.15, 0.2) is 47.6 Å². The maximum Gasteiger partial charge on any atom is 0.123 e. The number of hydrogen-bond donors (Lipinski definition) is 1. The number of nitrogens with one attached hydrogen (secondary N) is 1. The first-order valence-electron chi connectivity index (χ1n) is 5.48. The Balaban J connectivity index is 1.76. The van der Waals surface area contributed by atoms with Crippen LogP contribution in [0.2, 0.25) is 5.02 Å². The van der Waals surface area contributed by atoms with Crippen LogP contribution in [0.25, 0.3) is 0 Å². The number of pyridine rings is 1. The topological polar surface area (TPSA) is 24.9 Å². The Labute approximate surface area is 115 Å². The fourth-order valence-corrected chi connectivity index (χ4v) is 2.41. The van der Waals surface area contributed by atoms with E-state index in [9.17, 15) is 4.39 Å². The van der Waals surface area contributed by atoms with E-state index in [0.717, 1.165) is 23.0 Å². The van der Waals surface area contributed by atoms with E-state index in [0.29, 0.717) is 5.02 Å². The van der Waals surface area contributed by atoms with Crippen molar-refractivity contribution < 1.29 is 4.39 Å².